The van der Waals surface area contributed by atoms with Crippen molar-refractivity contribution in [2.45, 2.75) is 57.5 Å². The number of hydrogen-bond donors (Lipinski definition) is 1. The monoisotopic (exact) mass is 270 g/mol. The molecule has 1 N–H and O–H groups in total. The van der Waals surface area contributed by atoms with E-state index < -0.39 is 0 Å². The van der Waals surface area contributed by atoms with E-state index in [1.54, 1.807) is 0 Å². The number of nitrogens with zero attached hydrogens (tertiary/aromatic N) is 1. The zero-order chi connectivity index (χ0) is 13.2. The summed E-state index contributed by atoms with van der Waals surface area (Å²) in [6.45, 7) is 6.04. The van der Waals surface area contributed by atoms with Crippen LogP contribution in [0.2, 0.25) is 0 Å². The lowest BCUT2D eigenvalue weighted by molar-refractivity contribution is 0.134. The van der Waals surface area contributed by atoms with Crippen molar-refractivity contribution in [3.8, 4) is 0 Å². The van der Waals surface area contributed by atoms with Crippen molar-refractivity contribution < 1.29 is 0 Å². The fourth-order valence-electron chi connectivity index (χ4n) is 3.40. The number of hydrogen-bond acceptors (Lipinski definition) is 3. The van der Waals surface area contributed by atoms with E-state index in [0.717, 1.165) is 0 Å². The van der Waals surface area contributed by atoms with Gasteiger partial charge in [-0.2, -0.15) is 11.8 Å². The molecule has 2 fully saturated rings. The van der Waals surface area contributed by atoms with Gasteiger partial charge >= 0.3 is 0 Å². The molecule has 2 nitrogen and oxygen atoms in total. The van der Waals surface area contributed by atoms with Gasteiger partial charge in [0.05, 0.1) is 0 Å². The number of nitrogens with one attached hydrogen (secondary N) is 1. The topological polar surface area (TPSA) is 15.3 Å². The minimum atomic E-state index is 0.429. The summed E-state index contributed by atoms with van der Waals surface area (Å²) in [4.78, 5) is 2.47. The molecule has 3 heteroatoms. The van der Waals surface area contributed by atoms with Gasteiger partial charge in [0.25, 0.3) is 0 Å². The average molecular weight is 270 g/mol. The van der Waals surface area contributed by atoms with Crippen molar-refractivity contribution in [1.82, 2.24) is 10.2 Å². The predicted octanol–water partition coefficient (Wildman–Crippen LogP) is 2.98. The van der Waals surface area contributed by atoms with E-state index >= 15 is 0 Å². The fraction of sp³-hybridized carbons (Fsp3) is 1.00. The fourth-order valence-corrected chi connectivity index (χ4v) is 5.04. The highest BCUT2D eigenvalue weighted by atomic mass is 32.2. The first-order valence-corrected chi connectivity index (χ1v) is 8.60. The molecule has 1 saturated carbocycles. The summed E-state index contributed by atoms with van der Waals surface area (Å²) in [5.74, 6) is 2.63. The zero-order valence-corrected chi connectivity index (χ0v) is 13.4. The quantitative estimate of drug-likeness (QED) is 0.845. The van der Waals surface area contributed by atoms with Crippen LogP contribution in [0.3, 0.4) is 0 Å². The van der Waals surface area contributed by atoms with Crippen LogP contribution in [-0.2, 0) is 0 Å². The highest BCUT2D eigenvalue weighted by molar-refractivity contribution is 7.99. The molecule has 0 spiro atoms. The molecule has 1 aliphatic carbocycles. The maximum absolute atomic E-state index is 3.91. The van der Waals surface area contributed by atoms with E-state index in [0.29, 0.717) is 17.0 Å². The Morgan fingerprint density at radius 2 is 1.83 bits per heavy atom. The van der Waals surface area contributed by atoms with Crippen LogP contribution in [0, 0.1) is 5.41 Å². The minimum Gasteiger partial charge on any atom is -0.311 e. The normalized spacial score (nSPS) is 30.8. The van der Waals surface area contributed by atoms with Gasteiger partial charge in [-0.25, -0.2) is 0 Å². The molecule has 18 heavy (non-hydrogen) atoms. The van der Waals surface area contributed by atoms with Crippen molar-refractivity contribution in [3.63, 3.8) is 0 Å². The van der Waals surface area contributed by atoms with Crippen molar-refractivity contribution in [2.75, 3.05) is 32.1 Å². The molecule has 0 bridgehead atoms. The molecule has 0 aromatic carbocycles. The molecule has 0 radical (unpaired) electrons. The Kier molecular flexibility index (Phi) is 4.66. The first-order valence-electron chi connectivity index (χ1n) is 7.45. The van der Waals surface area contributed by atoms with Gasteiger partial charge in [0, 0.05) is 23.9 Å². The van der Waals surface area contributed by atoms with Gasteiger partial charge < -0.3 is 10.2 Å². The minimum absolute atomic E-state index is 0.429. The Labute approximate surface area is 117 Å². The van der Waals surface area contributed by atoms with Gasteiger partial charge in [-0.15, -0.1) is 0 Å². The Morgan fingerprint density at radius 1 is 1.17 bits per heavy atom. The number of likely N-dealkylation sites (N-methyl/N-ethyl adjacent to an activating group) is 1. The third-order valence-electron chi connectivity index (χ3n) is 5.28. The van der Waals surface area contributed by atoms with Crippen LogP contribution in [0.15, 0.2) is 0 Å². The van der Waals surface area contributed by atoms with Crippen molar-refractivity contribution >= 4 is 11.8 Å². The summed E-state index contributed by atoms with van der Waals surface area (Å²) in [6, 6.07) is 0.689. The number of thioether (sulfide) groups is 1. The summed E-state index contributed by atoms with van der Waals surface area (Å²) in [5.41, 5.74) is 0.898. The van der Waals surface area contributed by atoms with Gasteiger partial charge in [-0.1, -0.05) is 26.7 Å². The Bertz CT molecular complexity index is 270. The van der Waals surface area contributed by atoms with Crippen LogP contribution in [0.4, 0.5) is 0 Å². The summed E-state index contributed by atoms with van der Waals surface area (Å²) in [6.07, 6.45) is 6.90. The number of rotatable bonds is 4. The molecular formula is C15H30N2S. The molecule has 1 heterocycles. The highest BCUT2D eigenvalue weighted by Gasteiger charge is 2.38. The summed E-state index contributed by atoms with van der Waals surface area (Å²) in [7, 11) is 4.52. The van der Waals surface area contributed by atoms with Crippen LogP contribution in [0.5, 0.6) is 0 Å². The third kappa shape index (κ3) is 3.05. The van der Waals surface area contributed by atoms with E-state index in [1.807, 2.05) is 0 Å². The van der Waals surface area contributed by atoms with Gasteiger partial charge in [0.15, 0.2) is 0 Å². The lowest BCUT2D eigenvalue weighted by Crippen LogP contribution is -2.55. The molecule has 0 aromatic heterocycles. The second-order valence-electron chi connectivity index (χ2n) is 7.07. The first kappa shape index (κ1) is 14.7. The maximum atomic E-state index is 3.91. The van der Waals surface area contributed by atoms with Crippen LogP contribution in [-0.4, -0.2) is 48.6 Å². The molecule has 0 aromatic rings. The molecule has 1 aliphatic heterocycles. The van der Waals surface area contributed by atoms with E-state index in [1.165, 1.54) is 50.2 Å². The summed E-state index contributed by atoms with van der Waals surface area (Å²) >= 11 is 2.12. The van der Waals surface area contributed by atoms with Crippen molar-refractivity contribution in [1.29, 1.82) is 0 Å². The molecular weight excluding hydrogens is 240 g/mol. The van der Waals surface area contributed by atoms with E-state index in [2.05, 4.69) is 49.9 Å². The predicted molar refractivity (Wildman–Crippen MR) is 82.4 cm³/mol. The highest BCUT2D eigenvalue weighted by Crippen LogP contribution is 2.36. The molecule has 1 atom stereocenters. The Morgan fingerprint density at radius 3 is 2.39 bits per heavy atom. The van der Waals surface area contributed by atoms with Crippen LogP contribution in [0.25, 0.3) is 0 Å². The summed E-state index contributed by atoms with van der Waals surface area (Å²) in [5, 5.41) is 3.91. The average Bonchev–Trinajstić information content (AvgIpc) is 2.77. The molecule has 1 unspecified atom stereocenters. The SMILES string of the molecule is CN(C)C1(CNC2CSCCC2(C)C)CCCC1. The molecule has 106 valence electrons. The van der Waals surface area contributed by atoms with Crippen LogP contribution >= 0.6 is 11.8 Å². The smallest absolute Gasteiger partial charge is 0.0328 e. The van der Waals surface area contributed by atoms with Crippen molar-refractivity contribution in [3.05, 3.63) is 0 Å². The maximum Gasteiger partial charge on any atom is 0.0328 e. The first-order chi connectivity index (χ1) is 8.46. The molecule has 2 rings (SSSR count). The molecule has 0 amide bonds. The molecule has 2 aliphatic rings. The van der Waals surface area contributed by atoms with E-state index in [9.17, 15) is 0 Å². The second kappa shape index (κ2) is 5.72. The Hall–Kier alpha value is 0.270. The van der Waals surface area contributed by atoms with Crippen LogP contribution < -0.4 is 5.32 Å². The van der Waals surface area contributed by atoms with Gasteiger partial charge in [0.2, 0.25) is 0 Å². The van der Waals surface area contributed by atoms with Gasteiger partial charge in [0.1, 0.15) is 0 Å². The van der Waals surface area contributed by atoms with Crippen molar-refractivity contribution in [2.24, 2.45) is 5.41 Å². The molecule has 1 saturated heterocycles. The Balaban J connectivity index is 1.93. The van der Waals surface area contributed by atoms with Gasteiger partial charge in [-0.05, 0) is 44.5 Å². The second-order valence-corrected chi connectivity index (χ2v) is 8.22. The lowest BCUT2D eigenvalue weighted by Gasteiger charge is -2.43. The lowest BCUT2D eigenvalue weighted by atomic mass is 9.81. The largest absolute Gasteiger partial charge is 0.311 e. The van der Waals surface area contributed by atoms with Crippen LogP contribution in [0.1, 0.15) is 46.0 Å². The standard InChI is InChI=1S/C15H30N2S/c1-14(2)9-10-18-11-13(14)16-12-15(17(3)4)7-5-6-8-15/h13,16H,5-12H2,1-4H3. The zero-order valence-electron chi connectivity index (χ0n) is 12.6. The van der Waals surface area contributed by atoms with E-state index in [-0.39, 0.29) is 0 Å². The van der Waals surface area contributed by atoms with Gasteiger partial charge in [-0.3, -0.25) is 0 Å². The third-order valence-corrected chi connectivity index (χ3v) is 6.34. The summed E-state index contributed by atoms with van der Waals surface area (Å²) < 4.78 is 0. The van der Waals surface area contributed by atoms with E-state index in [4.69, 9.17) is 0 Å².